The van der Waals surface area contributed by atoms with E-state index in [0.717, 1.165) is 0 Å². The second-order valence-corrected chi connectivity index (χ2v) is 3.79. The van der Waals surface area contributed by atoms with Gasteiger partial charge in [0.25, 0.3) is 5.91 Å². The van der Waals surface area contributed by atoms with E-state index in [0.29, 0.717) is 18.9 Å². The van der Waals surface area contributed by atoms with E-state index in [1.54, 1.807) is 18.9 Å². The third kappa shape index (κ3) is 1.88. The number of aromatic nitrogens is 3. The van der Waals surface area contributed by atoms with Crippen molar-refractivity contribution in [2.75, 3.05) is 26.7 Å². The molecule has 0 unspecified atom stereocenters. The highest BCUT2D eigenvalue weighted by molar-refractivity contribution is 5.94. The monoisotopic (exact) mass is 223 g/mol. The minimum atomic E-state index is -0.300. The molecule has 1 aliphatic rings. The number of carbonyl (C=O) groups excluding carboxylic acids is 2. The number of carbonyl (C=O) groups is 2. The zero-order valence-corrected chi connectivity index (χ0v) is 9.23. The highest BCUT2D eigenvalue weighted by atomic mass is 16.2. The molecule has 0 aliphatic carbocycles. The number of piperazine rings is 1. The summed E-state index contributed by atoms with van der Waals surface area (Å²) in [6.45, 7) is 2.89. The van der Waals surface area contributed by atoms with Crippen LogP contribution in [0.1, 0.15) is 16.4 Å². The average molecular weight is 223 g/mol. The number of nitrogens with zero attached hydrogens (tertiary/aromatic N) is 4. The number of likely N-dealkylation sites (N-methyl/N-ethyl adjacent to an activating group) is 1. The van der Waals surface area contributed by atoms with Gasteiger partial charge in [0, 0.05) is 20.1 Å². The number of nitrogens with one attached hydrogen (secondary N) is 1. The Morgan fingerprint density at radius 1 is 1.44 bits per heavy atom. The van der Waals surface area contributed by atoms with Crippen molar-refractivity contribution in [3.05, 3.63) is 11.6 Å². The Bertz CT molecular complexity index is 427. The molecule has 7 nitrogen and oxygen atoms in total. The molecule has 0 aromatic carbocycles. The van der Waals surface area contributed by atoms with Crippen LogP contribution < -0.4 is 0 Å². The summed E-state index contributed by atoms with van der Waals surface area (Å²) in [4.78, 5) is 30.3. The number of aromatic amines is 1. The van der Waals surface area contributed by atoms with Crippen LogP contribution >= 0.6 is 0 Å². The van der Waals surface area contributed by atoms with E-state index >= 15 is 0 Å². The fourth-order valence-electron chi connectivity index (χ4n) is 1.51. The van der Waals surface area contributed by atoms with Gasteiger partial charge in [0.1, 0.15) is 12.4 Å². The molecule has 0 atom stereocenters. The van der Waals surface area contributed by atoms with E-state index in [1.807, 2.05) is 0 Å². The van der Waals surface area contributed by atoms with Crippen LogP contribution in [0.3, 0.4) is 0 Å². The third-order valence-corrected chi connectivity index (χ3v) is 2.53. The summed E-state index contributed by atoms with van der Waals surface area (Å²) < 4.78 is 0. The van der Waals surface area contributed by atoms with Gasteiger partial charge < -0.3 is 9.80 Å². The zero-order chi connectivity index (χ0) is 11.7. The number of amides is 2. The lowest BCUT2D eigenvalue weighted by Crippen LogP contribution is -2.50. The Morgan fingerprint density at radius 2 is 2.19 bits per heavy atom. The zero-order valence-electron chi connectivity index (χ0n) is 9.23. The standard InChI is InChI=1S/C9H13N5O2/c1-6-10-8(12-11-6)9(16)14-4-3-13(2)7(15)5-14/h3-5H2,1-2H3,(H,10,11,12). The quantitative estimate of drug-likeness (QED) is 0.664. The number of H-pyrrole nitrogens is 1. The fraction of sp³-hybridized carbons (Fsp3) is 0.556. The van der Waals surface area contributed by atoms with Gasteiger partial charge in [-0.3, -0.25) is 14.7 Å². The third-order valence-electron chi connectivity index (χ3n) is 2.53. The molecular weight excluding hydrogens is 210 g/mol. The molecule has 2 heterocycles. The van der Waals surface area contributed by atoms with Crippen LogP contribution in [-0.4, -0.2) is 63.5 Å². The van der Waals surface area contributed by atoms with Gasteiger partial charge in [-0.25, -0.2) is 4.98 Å². The lowest BCUT2D eigenvalue weighted by molar-refractivity contribution is -0.133. The molecule has 1 aromatic rings. The first-order valence-electron chi connectivity index (χ1n) is 5.00. The molecule has 1 aromatic heterocycles. The van der Waals surface area contributed by atoms with E-state index < -0.39 is 0 Å². The van der Waals surface area contributed by atoms with Crippen LogP contribution in [-0.2, 0) is 4.79 Å². The molecule has 1 saturated heterocycles. The summed E-state index contributed by atoms with van der Waals surface area (Å²) in [5, 5.41) is 6.39. The largest absolute Gasteiger partial charge is 0.342 e. The summed E-state index contributed by atoms with van der Waals surface area (Å²) >= 11 is 0. The molecule has 7 heteroatoms. The fourth-order valence-corrected chi connectivity index (χ4v) is 1.51. The van der Waals surface area contributed by atoms with E-state index in [2.05, 4.69) is 15.2 Å². The SMILES string of the molecule is Cc1nc(C(=O)N2CCN(C)C(=O)C2)n[nH]1. The second kappa shape index (κ2) is 3.92. The van der Waals surface area contributed by atoms with Gasteiger partial charge in [-0.2, -0.15) is 0 Å². The van der Waals surface area contributed by atoms with Gasteiger partial charge in [-0.1, -0.05) is 0 Å². The van der Waals surface area contributed by atoms with Gasteiger partial charge in [0.15, 0.2) is 0 Å². The van der Waals surface area contributed by atoms with Crippen LogP contribution in [0.25, 0.3) is 0 Å². The summed E-state index contributed by atoms with van der Waals surface area (Å²) in [5.74, 6) is 0.344. The number of hydrogen-bond acceptors (Lipinski definition) is 4. The number of rotatable bonds is 1. The number of aryl methyl sites for hydroxylation is 1. The van der Waals surface area contributed by atoms with Crippen molar-refractivity contribution >= 4 is 11.8 Å². The van der Waals surface area contributed by atoms with Crippen LogP contribution in [0.5, 0.6) is 0 Å². The minimum absolute atomic E-state index is 0.0631. The molecule has 2 amide bonds. The normalized spacial score (nSPS) is 16.8. The molecule has 0 saturated carbocycles. The Labute approximate surface area is 92.4 Å². The second-order valence-electron chi connectivity index (χ2n) is 3.79. The maximum atomic E-state index is 11.9. The minimum Gasteiger partial charge on any atom is -0.342 e. The van der Waals surface area contributed by atoms with Gasteiger partial charge >= 0.3 is 0 Å². The first kappa shape index (κ1) is 10.6. The molecule has 0 spiro atoms. The maximum absolute atomic E-state index is 11.9. The van der Waals surface area contributed by atoms with Crippen molar-refractivity contribution < 1.29 is 9.59 Å². The molecule has 0 radical (unpaired) electrons. The van der Waals surface area contributed by atoms with Crippen molar-refractivity contribution in [3.8, 4) is 0 Å². The average Bonchev–Trinajstić information content (AvgIpc) is 2.68. The first-order valence-corrected chi connectivity index (χ1v) is 5.00. The van der Waals surface area contributed by atoms with Crippen molar-refractivity contribution in [1.29, 1.82) is 0 Å². The van der Waals surface area contributed by atoms with Crippen LogP contribution in [0.2, 0.25) is 0 Å². The smallest absolute Gasteiger partial charge is 0.294 e. The Kier molecular flexibility index (Phi) is 2.59. The topological polar surface area (TPSA) is 82.2 Å². The van der Waals surface area contributed by atoms with E-state index in [-0.39, 0.29) is 24.2 Å². The summed E-state index contributed by atoms with van der Waals surface area (Å²) in [5.41, 5.74) is 0. The summed E-state index contributed by atoms with van der Waals surface area (Å²) in [6, 6.07) is 0. The first-order chi connectivity index (χ1) is 7.58. The van der Waals surface area contributed by atoms with Crippen molar-refractivity contribution in [3.63, 3.8) is 0 Å². The molecule has 1 fully saturated rings. The number of hydrogen-bond donors (Lipinski definition) is 1. The van der Waals surface area contributed by atoms with Crippen LogP contribution in [0, 0.1) is 6.92 Å². The Hall–Kier alpha value is -1.92. The summed E-state index contributed by atoms with van der Waals surface area (Å²) in [7, 11) is 1.72. The van der Waals surface area contributed by atoms with Crippen LogP contribution in [0.4, 0.5) is 0 Å². The lowest BCUT2D eigenvalue weighted by Gasteiger charge is -2.31. The van der Waals surface area contributed by atoms with Gasteiger partial charge in [0.2, 0.25) is 11.7 Å². The van der Waals surface area contributed by atoms with Crippen LogP contribution in [0.15, 0.2) is 0 Å². The van der Waals surface area contributed by atoms with Crippen molar-refractivity contribution in [2.45, 2.75) is 6.92 Å². The van der Waals surface area contributed by atoms with E-state index in [4.69, 9.17) is 0 Å². The van der Waals surface area contributed by atoms with Crippen molar-refractivity contribution in [2.24, 2.45) is 0 Å². The highest BCUT2D eigenvalue weighted by Gasteiger charge is 2.27. The Morgan fingerprint density at radius 3 is 2.75 bits per heavy atom. The molecular formula is C9H13N5O2. The molecule has 2 rings (SSSR count). The highest BCUT2D eigenvalue weighted by Crippen LogP contribution is 2.05. The summed E-state index contributed by atoms with van der Waals surface area (Å²) in [6.07, 6.45) is 0. The molecule has 86 valence electrons. The van der Waals surface area contributed by atoms with E-state index in [9.17, 15) is 9.59 Å². The van der Waals surface area contributed by atoms with Gasteiger partial charge in [-0.05, 0) is 6.92 Å². The van der Waals surface area contributed by atoms with Gasteiger partial charge in [0.05, 0.1) is 0 Å². The molecule has 0 bridgehead atoms. The lowest BCUT2D eigenvalue weighted by atomic mass is 10.3. The van der Waals surface area contributed by atoms with E-state index in [1.165, 1.54) is 4.90 Å². The molecule has 1 aliphatic heterocycles. The van der Waals surface area contributed by atoms with Gasteiger partial charge in [-0.15, -0.1) is 5.10 Å². The Balaban J connectivity index is 2.09. The predicted molar refractivity (Wildman–Crippen MR) is 54.7 cm³/mol. The van der Waals surface area contributed by atoms with Crippen molar-refractivity contribution in [1.82, 2.24) is 25.0 Å². The molecule has 16 heavy (non-hydrogen) atoms. The maximum Gasteiger partial charge on any atom is 0.294 e. The molecule has 1 N–H and O–H groups in total. The predicted octanol–water partition coefficient (Wildman–Crippen LogP) is -0.973.